The summed E-state index contributed by atoms with van der Waals surface area (Å²) in [4.78, 5) is 9.19. The number of alkyl halides is 3. The second-order valence-corrected chi connectivity index (χ2v) is 3.27. The van der Waals surface area contributed by atoms with E-state index in [1.807, 2.05) is 0 Å². The number of benzene rings is 1. The smallest absolute Gasteiger partial charge is 0.258 e. The fourth-order valence-corrected chi connectivity index (χ4v) is 1.39. The third-order valence-corrected chi connectivity index (χ3v) is 1.96. The molecule has 0 radical (unpaired) electrons. The van der Waals surface area contributed by atoms with Crippen molar-refractivity contribution in [1.29, 1.82) is 5.26 Å². The summed E-state index contributed by atoms with van der Waals surface area (Å²) >= 11 is 3.69. The minimum Gasteiger partial charge on any atom is -0.258 e. The van der Waals surface area contributed by atoms with Crippen LogP contribution in [0.25, 0.3) is 0 Å². The van der Waals surface area contributed by atoms with Crippen molar-refractivity contribution >= 4 is 18.3 Å². The van der Waals surface area contributed by atoms with Crippen LogP contribution in [0.15, 0.2) is 17.0 Å². The van der Waals surface area contributed by atoms with Crippen LogP contribution in [-0.4, -0.2) is 4.92 Å². The summed E-state index contributed by atoms with van der Waals surface area (Å²) in [7, 11) is 0. The highest BCUT2D eigenvalue weighted by Crippen LogP contribution is 2.39. The SMILES string of the molecule is N#Cc1cc(S)cc([N+](=O)[O-])c1C(F)(F)F. The van der Waals surface area contributed by atoms with Gasteiger partial charge < -0.3 is 0 Å². The summed E-state index contributed by atoms with van der Waals surface area (Å²) in [6.07, 6.45) is -4.95. The fourth-order valence-electron chi connectivity index (χ4n) is 1.14. The molecule has 0 heterocycles. The third kappa shape index (κ3) is 2.25. The summed E-state index contributed by atoms with van der Waals surface area (Å²) < 4.78 is 37.5. The Morgan fingerprint density at radius 1 is 1.44 bits per heavy atom. The number of hydrogen-bond donors (Lipinski definition) is 1. The van der Waals surface area contributed by atoms with Crippen molar-refractivity contribution in [3.8, 4) is 6.07 Å². The topological polar surface area (TPSA) is 66.9 Å². The van der Waals surface area contributed by atoms with E-state index in [2.05, 4.69) is 12.6 Å². The maximum absolute atomic E-state index is 12.5. The summed E-state index contributed by atoms with van der Waals surface area (Å²) in [5, 5.41) is 19.0. The Kier molecular flexibility index (Phi) is 3.09. The van der Waals surface area contributed by atoms with E-state index in [1.165, 1.54) is 6.07 Å². The van der Waals surface area contributed by atoms with Crippen LogP contribution in [0.1, 0.15) is 11.1 Å². The average Bonchev–Trinajstić information content (AvgIpc) is 2.14. The molecule has 0 unspecified atom stereocenters. The lowest BCUT2D eigenvalue weighted by Gasteiger charge is -2.09. The molecule has 0 amide bonds. The van der Waals surface area contributed by atoms with Gasteiger partial charge in [0, 0.05) is 11.0 Å². The van der Waals surface area contributed by atoms with Gasteiger partial charge in [-0.25, -0.2) is 0 Å². The number of nitrogens with zero attached hydrogens (tertiary/aromatic N) is 2. The van der Waals surface area contributed by atoms with Crippen LogP contribution in [0.4, 0.5) is 18.9 Å². The van der Waals surface area contributed by atoms with Crippen molar-refractivity contribution in [2.45, 2.75) is 11.1 Å². The van der Waals surface area contributed by atoms with Crippen molar-refractivity contribution < 1.29 is 18.1 Å². The van der Waals surface area contributed by atoms with Crippen molar-refractivity contribution in [1.82, 2.24) is 0 Å². The molecule has 0 aliphatic heterocycles. The quantitative estimate of drug-likeness (QED) is 0.472. The van der Waals surface area contributed by atoms with Crippen LogP contribution in [0.2, 0.25) is 0 Å². The molecule has 0 aromatic heterocycles. The van der Waals surface area contributed by atoms with Crippen molar-refractivity contribution in [3.63, 3.8) is 0 Å². The first kappa shape index (κ1) is 12.3. The molecule has 0 aliphatic rings. The highest BCUT2D eigenvalue weighted by Gasteiger charge is 2.41. The summed E-state index contributed by atoms with van der Waals surface area (Å²) in [6, 6.07) is 2.76. The Hall–Kier alpha value is -1.75. The largest absolute Gasteiger partial charge is 0.424 e. The van der Waals surface area contributed by atoms with E-state index in [9.17, 15) is 23.3 Å². The maximum atomic E-state index is 12.5. The number of rotatable bonds is 1. The normalized spacial score (nSPS) is 10.9. The van der Waals surface area contributed by atoms with Gasteiger partial charge in [-0.15, -0.1) is 12.6 Å². The molecular formula is C8H3F3N2O2S. The van der Waals surface area contributed by atoms with Gasteiger partial charge in [-0.3, -0.25) is 10.1 Å². The zero-order valence-electron chi connectivity index (χ0n) is 7.45. The Morgan fingerprint density at radius 2 is 2.00 bits per heavy atom. The minimum absolute atomic E-state index is 0.0729. The summed E-state index contributed by atoms with van der Waals surface area (Å²) in [5.74, 6) is 0. The molecule has 4 nitrogen and oxygen atoms in total. The van der Waals surface area contributed by atoms with Crippen LogP contribution in [0.3, 0.4) is 0 Å². The number of thiol groups is 1. The monoisotopic (exact) mass is 248 g/mol. The van der Waals surface area contributed by atoms with Gasteiger partial charge >= 0.3 is 6.18 Å². The number of hydrogen-bond acceptors (Lipinski definition) is 4. The zero-order valence-corrected chi connectivity index (χ0v) is 8.34. The Morgan fingerprint density at radius 3 is 2.38 bits per heavy atom. The number of nitriles is 1. The zero-order chi connectivity index (χ0) is 12.5. The summed E-state index contributed by atoms with van der Waals surface area (Å²) in [5.41, 5.74) is -3.53. The maximum Gasteiger partial charge on any atom is 0.424 e. The molecule has 0 saturated carbocycles. The van der Waals surface area contributed by atoms with Crippen molar-refractivity contribution in [2.75, 3.05) is 0 Å². The molecule has 0 fully saturated rings. The molecular weight excluding hydrogens is 245 g/mol. The molecule has 0 saturated heterocycles. The Balaban J connectivity index is 3.67. The highest BCUT2D eigenvalue weighted by atomic mass is 32.1. The standard InChI is InChI=1S/C8H3F3N2O2S/c9-8(10,11)7-4(3-12)1-5(16)2-6(7)13(14)15/h1-2,16H. The highest BCUT2D eigenvalue weighted by molar-refractivity contribution is 7.80. The first-order chi connectivity index (χ1) is 7.27. The molecule has 0 atom stereocenters. The lowest BCUT2D eigenvalue weighted by atomic mass is 10.1. The van der Waals surface area contributed by atoms with E-state index in [0.29, 0.717) is 6.07 Å². The molecule has 0 aliphatic carbocycles. The molecule has 1 rings (SSSR count). The predicted octanol–water partition coefficient (Wildman–Crippen LogP) is 2.77. The Bertz CT molecular complexity index is 493. The number of halogens is 3. The van der Waals surface area contributed by atoms with Gasteiger partial charge in [-0.2, -0.15) is 18.4 Å². The Labute approximate surface area is 92.9 Å². The molecule has 1 aromatic carbocycles. The van der Waals surface area contributed by atoms with Crippen molar-refractivity contribution in [3.05, 3.63) is 33.4 Å². The molecule has 8 heteroatoms. The minimum atomic E-state index is -4.95. The van der Waals surface area contributed by atoms with Crippen molar-refractivity contribution in [2.24, 2.45) is 0 Å². The van der Waals surface area contributed by atoms with Gasteiger partial charge in [0.25, 0.3) is 5.69 Å². The van der Waals surface area contributed by atoms with E-state index in [4.69, 9.17) is 5.26 Å². The molecule has 1 aromatic rings. The van der Waals surface area contributed by atoms with E-state index in [0.717, 1.165) is 6.07 Å². The number of nitro benzene ring substituents is 1. The third-order valence-electron chi connectivity index (χ3n) is 1.70. The summed E-state index contributed by atoms with van der Waals surface area (Å²) in [6.45, 7) is 0. The molecule has 0 N–H and O–H groups in total. The van der Waals surface area contributed by atoms with Crippen LogP contribution >= 0.6 is 12.6 Å². The molecule has 0 spiro atoms. The van der Waals surface area contributed by atoms with E-state index >= 15 is 0 Å². The van der Waals surface area contributed by atoms with Gasteiger partial charge in [-0.1, -0.05) is 0 Å². The van der Waals surface area contributed by atoms with Gasteiger partial charge in [0.15, 0.2) is 5.56 Å². The van der Waals surface area contributed by atoms with Crippen LogP contribution in [-0.2, 0) is 6.18 Å². The second-order valence-electron chi connectivity index (χ2n) is 2.75. The average molecular weight is 248 g/mol. The van der Waals surface area contributed by atoms with E-state index < -0.39 is 27.9 Å². The van der Waals surface area contributed by atoms with Gasteiger partial charge in [0.1, 0.15) is 6.07 Å². The van der Waals surface area contributed by atoms with E-state index in [1.54, 1.807) is 0 Å². The molecule has 0 bridgehead atoms. The van der Waals surface area contributed by atoms with Gasteiger partial charge in [0.05, 0.1) is 10.5 Å². The second kappa shape index (κ2) is 4.02. The predicted molar refractivity (Wildman–Crippen MR) is 50.1 cm³/mol. The lowest BCUT2D eigenvalue weighted by Crippen LogP contribution is -2.11. The van der Waals surface area contributed by atoms with Gasteiger partial charge in [-0.05, 0) is 6.07 Å². The number of nitro groups is 1. The van der Waals surface area contributed by atoms with E-state index in [-0.39, 0.29) is 4.90 Å². The van der Waals surface area contributed by atoms with Crippen LogP contribution in [0, 0.1) is 21.4 Å². The molecule has 84 valence electrons. The van der Waals surface area contributed by atoms with Gasteiger partial charge in [0.2, 0.25) is 0 Å². The molecule has 16 heavy (non-hydrogen) atoms. The fraction of sp³-hybridized carbons (Fsp3) is 0.125. The lowest BCUT2D eigenvalue weighted by molar-refractivity contribution is -0.388. The van der Waals surface area contributed by atoms with Crippen LogP contribution in [0.5, 0.6) is 0 Å². The first-order valence-electron chi connectivity index (χ1n) is 3.76. The van der Waals surface area contributed by atoms with Crippen LogP contribution < -0.4 is 0 Å². The first-order valence-corrected chi connectivity index (χ1v) is 4.20.